The highest BCUT2D eigenvalue weighted by atomic mass is 16.4. The third-order valence-electron chi connectivity index (χ3n) is 3.47. The van der Waals surface area contributed by atoms with Gasteiger partial charge in [0.2, 0.25) is 0 Å². The van der Waals surface area contributed by atoms with Crippen LogP contribution in [0.5, 0.6) is 0 Å². The Kier molecular flexibility index (Phi) is 3.83. The van der Waals surface area contributed by atoms with E-state index in [9.17, 15) is 9.59 Å². The molecule has 1 heterocycles. The number of carboxylic acids is 1. The summed E-state index contributed by atoms with van der Waals surface area (Å²) < 4.78 is 1.60. The van der Waals surface area contributed by atoms with Gasteiger partial charge in [-0.15, -0.1) is 0 Å². The molecule has 1 aliphatic rings. The summed E-state index contributed by atoms with van der Waals surface area (Å²) in [5.74, 6) is -0.294. The van der Waals surface area contributed by atoms with E-state index in [4.69, 9.17) is 5.11 Å². The van der Waals surface area contributed by atoms with Crippen LogP contribution in [0.4, 0.5) is 5.82 Å². The van der Waals surface area contributed by atoms with Crippen molar-refractivity contribution in [2.45, 2.75) is 51.6 Å². The van der Waals surface area contributed by atoms with E-state index in [1.54, 1.807) is 17.0 Å². The Morgan fingerprint density at radius 2 is 2.20 bits per heavy atom. The second-order valence-electron chi connectivity index (χ2n) is 6.31. The average Bonchev–Trinajstić information content (AvgIpc) is 3.12. The molecular weight excluding hydrogens is 258 g/mol. The number of carboxylic acid groups (broad SMARTS) is 1. The molecule has 0 radical (unpaired) electrons. The second kappa shape index (κ2) is 5.26. The number of anilines is 1. The molecule has 0 amide bonds. The molecule has 0 saturated heterocycles. The van der Waals surface area contributed by atoms with E-state index in [0.29, 0.717) is 5.92 Å². The van der Waals surface area contributed by atoms with E-state index < -0.39 is 5.97 Å². The monoisotopic (exact) mass is 279 g/mol. The molecule has 1 aromatic heterocycles. The van der Waals surface area contributed by atoms with Crippen LogP contribution in [0.15, 0.2) is 17.2 Å². The number of hydrogen-bond donors (Lipinski definition) is 2. The maximum Gasteiger partial charge on any atom is 0.305 e. The van der Waals surface area contributed by atoms with Crippen LogP contribution in [0.25, 0.3) is 0 Å². The first kappa shape index (κ1) is 14.6. The fraction of sp³-hybridized carbons (Fsp3) is 0.643. The van der Waals surface area contributed by atoms with E-state index in [-0.39, 0.29) is 29.4 Å². The Morgan fingerprint density at radius 1 is 1.55 bits per heavy atom. The van der Waals surface area contributed by atoms with E-state index in [0.717, 1.165) is 12.8 Å². The minimum Gasteiger partial charge on any atom is -0.481 e. The van der Waals surface area contributed by atoms with Crippen molar-refractivity contribution in [1.82, 2.24) is 9.55 Å². The lowest BCUT2D eigenvalue weighted by atomic mass is 10.1. The predicted molar refractivity (Wildman–Crippen MR) is 75.9 cm³/mol. The van der Waals surface area contributed by atoms with Crippen molar-refractivity contribution >= 4 is 11.8 Å². The molecule has 20 heavy (non-hydrogen) atoms. The fourth-order valence-corrected chi connectivity index (χ4v) is 2.24. The van der Waals surface area contributed by atoms with Crippen molar-refractivity contribution in [2.24, 2.45) is 5.92 Å². The van der Waals surface area contributed by atoms with Crippen LogP contribution < -0.4 is 10.9 Å². The number of aliphatic carboxylic acids is 1. The molecule has 0 aromatic carbocycles. The molecule has 2 rings (SSSR count). The summed E-state index contributed by atoms with van der Waals surface area (Å²) in [5, 5.41) is 12.0. The minimum absolute atomic E-state index is 0.0101. The zero-order chi connectivity index (χ0) is 14.9. The van der Waals surface area contributed by atoms with Gasteiger partial charge < -0.3 is 15.0 Å². The van der Waals surface area contributed by atoms with Crippen LogP contribution in [-0.4, -0.2) is 26.7 Å². The molecule has 0 aliphatic heterocycles. The van der Waals surface area contributed by atoms with Gasteiger partial charge in [-0.25, -0.2) is 4.98 Å². The average molecular weight is 279 g/mol. The minimum atomic E-state index is -0.860. The van der Waals surface area contributed by atoms with Gasteiger partial charge in [0.15, 0.2) is 5.82 Å². The van der Waals surface area contributed by atoms with Crippen LogP contribution in [0.3, 0.4) is 0 Å². The van der Waals surface area contributed by atoms with Crippen molar-refractivity contribution < 1.29 is 9.90 Å². The zero-order valence-electron chi connectivity index (χ0n) is 12.1. The molecule has 110 valence electrons. The van der Waals surface area contributed by atoms with Crippen LogP contribution >= 0.6 is 0 Å². The number of hydrogen-bond acceptors (Lipinski definition) is 4. The molecule has 1 atom stereocenters. The van der Waals surface area contributed by atoms with Gasteiger partial charge in [0, 0.05) is 24.0 Å². The molecule has 1 aromatic rings. The first-order valence-corrected chi connectivity index (χ1v) is 6.85. The first-order valence-electron chi connectivity index (χ1n) is 6.85. The third kappa shape index (κ3) is 3.37. The van der Waals surface area contributed by atoms with Crippen molar-refractivity contribution in [1.29, 1.82) is 0 Å². The lowest BCUT2D eigenvalue weighted by Gasteiger charge is -2.23. The fourth-order valence-electron chi connectivity index (χ4n) is 2.24. The highest BCUT2D eigenvalue weighted by molar-refractivity contribution is 5.68. The summed E-state index contributed by atoms with van der Waals surface area (Å²) >= 11 is 0. The standard InChI is InChI=1S/C14H21N3O3/c1-14(2,3)17-7-6-15-12(13(17)20)16-10(8-11(18)19)9-4-5-9/h6-7,9-10H,4-5,8H2,1-3H3,(H,15,16)(H,18,19). The highest BCUT2D eigenvalue weighted by Gasteiger charge is 2.33. The molecule has 0 spiro atoms. The molecule has 6 heteroatoms. The van der Waals surface area contributed by atoms with Crippen molar-refractivity contribution in [3.63, 3.8) is 0 Å². The van der Waals surface area contributed by atoms with Crippen molar-refractivity contribution in [3.8, 4) is 0 Å². The van der Waals surface area contributed by atoms with Crippen LogP contribution in [0.1, 0.15) is 40.0 Å². The van der Waals surface area contributed by atoms with Gasteiger partial charge in [0.05, 0.1) is 6.42 Å². The number of nitrogens with zero attached hydrogens (tertiary/aromatic N) is 2. The quantitative estimate of drug-likeness (QED) is 0.856. The second-order valence-corrected chi connectivity index (χ2v) is 6.31. The highest BCUT2D eigenvalue weighted by Crippen LogP contribution is 2.35. The number of rotatable bonds is 5. The van der Waals surface area contributed by atoms with Gasteiger partial charge in [-0.3, -0.25) is 9.59 Å². The summed E-state index contributed by atoms with van der Waals surface area (Å²) in [5.41, 5.74) is -0.547. The van der Waals surface area contributed by atoms with Crippen molar-refractivity contribution in [2.75, 3.05) is 5.32 Å². The van der Waals surface area contributed by atoms with E-state index in [2.05, 4.69) is 10.3 Å². The van der Waals surface area contributed by atoms with Gasteiger partial charge in [0.25, 0.3) is 5.56 Å². The van der Waals surface area contributed by atoms with Gasteiger partial charge in [0.1, 0.15) is 0 Å². The predicted octanol–water partition coefficient (Wildman–Crippen LogP) is 1.66. The van der Waals surface area contributed by atoms with Crippen LogP contribution in [0, 0.1) is 5.92 Å². The Balaban J connectivity index is 2.24. The van der Waals surface area contributed by atoms with Crippen LogP contribution in [-0.2, 0) is 10.3 Å². The summed E-state index contributed by atoms with van der Waals surface area (Å²) in [6, 6.07) is -0.219. The van der Waals surface area contributed by atoms with Crippen molar-refractivity contribution in [3.05, 3.63) is 22.7 Å². The lowest BCUT2D eigenvalue weighted by molar-refractivity contribution is -0.137. The normalized spacial score (nSPS) is 16.8. The number of nitrogens with one attached hydrogen (secondary N) is 1. The first-order chi connectivity index (χ1) is 9.29. The number of carbonyl (C=O) groups is 1. The molecule has 0 bridgehead atoms. The number of aromatic nitrogens is 2. The Morgan fingerprint density at radius 3 is 2.70 bits per heavy atom. The summed E-state index contributed by atoms with van der Waals surface area (Å²) in [4.78, 5) is 27.3. The molecule has 1 unspecified atom stereocenters. The lowest BCUT2D eigenvalue weighted by Crippen LogP contribution is -2.37. The Hall–Kier alpha value is -1.85. The molecule has 6 nitrogen and oxygen atoms in total. The Bertz CT molecular complexity index is 556. The van der Waals surface area contributed by atoms with Gasteiger partial charge >= 0.3 is 5.97 Å². The van der Waals surface area contributed by atoms with Crippen LogP contribution in [0.2, 0.25) is 0 Å². The molecule has 1 saturated carbocycles. The molecular formula is C14H21N3O3. The smallest absolute Gasteiger partial charge is 0.305 e. The maximum absolute atomic E-state index is 12.4. The topological polar surface area (TPSA) is 84.2 Å². The summed E-state index contributed by atoms with van der Waals surface area (Å²) in [6.07, 6.45) is 5.24. The van der Waals surface area contributed by atoms with E-state index in [1.807, 2.05) is 20.8 Å². The molecule has 2 N–H and O–H groups in total. The molecule has 1 aliphatic carbocycles. The van der Waals surface area contributed by atoms with Gasteiger partial charge in [-0.2, -0.15) is 0 Å². The Labute approximate surface area is 117 Å². The largest absolute Gasteiger partial charge is 0.481 e. The summed E-state index contributed by atoms with van der Waals surface area (Å²) in [6.45, 7) is 5.81. The third-order valence-corrected chi connectivity index (χ3v) is 3.47. The molecule has 1 fully saturated rings. The maximum atomic E-state index is 12.4. The SMILES string of the molecule is CC(C)(C)n1ccnc(NC(CC(=O)O)C2CC2)c1=O. The van der Waals surface area contributed by atoms with Gasteiger partial charge in [-0.1, -0.05) is 0 Å². The van der Waals surface area contributed by atoms with Gasteiger partial charge in [-0.05, 0) is 39.5 Å². The summed E-state index contributed by atoms with van der Waals surface area (Å²) in [7, 11) is 0. The van der Waals surface area contributed by atoms with E-state index >= 15 is 0 Å². The van der Waals surface area contributed by atoms with E-state index in [1.165, 1.54) is 0 Å². The zero-order valence-corrected chi connectivity index (χ0v) is 12.1.